The fourth-order valence-electron chi connectivity index (χ4n) is 2.99. The maximum atomic E-state index is 10.9. The Kier molecular flexibility index (Phi) is 9.12. The number of hydrogen-bond acceptors (Lipinski definition) is 7. The monoisotopic (exact) mass is 389 g/mol. The van der Waals surface area contributed by atoms with E-state index in [-0.39, 0.29) is 45.3 Å². The molecule has 0 spiro atoms. The van der Waals surface area contributed by atoms with Gasteiger partial charge in [-0.3, -0.25) is 33.9 Å². The molecule has 1 fully saturated rings. The molecule has 1 saturated carbocycles. The Balaban J connectivity index is 2.63. The number of hydrogen-bond donors (Lipinski definition) is 4. The fourth-order valence-corrected chi connectivity index (χ4v) is 2.99. The summed E-state index contributed by atoms with van der Waals surface area (Å²) in [6.07, 6.45) is 0.940. The zero-order chi connectivity index (χ0) is 20.6. The number of carboxylic acid groups (broad SMARTS) is 4. The first-order valence-corrected chi connectivity index (χ1v) is 8.64. The van der Waals surface area contributed by atoms with Gasteiger partial charge in [-0.2, -0.15) is 0 Å². The average molecular weight is 389 g/mol. The molecule has 0 aromatic rings. The summed E-state index contributed by atoms with van der Waals surface area (Å²) >= 11 is 0. The van der Waals surface area contributed by atoms with E-state index >= 15 is 0 Å². The van der Waals surface area contributed by atoms with E-state index in [4.69, 9.17) is 20.4 Å². The molecule has 27 heavy (non-hydrogen) atoms. The van der Waals surface area contributed by atoms with Crippen molar-refractivity contribution in [1.82, 2.24) is 14.7 Å². The molecule has 0 aliphatic heterocycles. The summed E-state index contributed by atoms with van der Waals surface area (Å²) < 4.78 is 0. The van der Waals surface area contributed by atoms with Crippen molar-refractivity contribution in [2.75, 3.05) is 52.4 Å². The zero-order valence-electron chi connectivity index (χ0n) is 15.3. The largest absolute Gasteiger partial charge is 0.480 e. The van der Waals surface area contributed by atoms with Crippen molar-refractivity contribution in [1.29, 1.82) is 0 Å². The lowest BCUT2D eigenvalue weighted by molar-refractivity contribution is -0.143. The maximum Gasteiger partial charge on any atom is 0.317 e. The lowest BCUT2D eigenvalue weighted by atomic mass is 10.3. The van der Waals surface area contributed by atoms with Gasteiger partial charge in [-0.1, -0.05) is 6.92 Å². The molecule has 0 saturated heterocycles. The highest BCUT2D eigenvalue weighted by Gasteiger charge is 2.38. The van der Waals surface area contributed by atoms with Gasteiger partial charge in [-0.15, -0.1) is 0 Å². The summed E-state index contributed by atoms with van der Waals surface area (Å²) in [4.78, 5) is 48.2. The minimum Gasteiger partial charge on any atom is -0.480 e. The molecule has 11 heteroatoms. The number of aliphatic carboxylic acids is 4. The molecule has 1 aliphatic carbocycles. The van der Waals surface area contributed by atoms with E-state index in [1.807, 2.05) is 4.90 Å². The van der Waals surface area contributed by atoms with Crippen LogP contribution in [0.15, 0.2) is 0 Å². The minimum atomic E-state index is -1.11. The Morgan fingerprint density at radius 2 is 1.00 bits per heavy atom. The molecule has 0 aromatic carbocycles. The molecule has 154 valence electrons. The fraction of sp³-hybridized carbons (Fsp3) is 0.750. The first kappa shape index (κ1) is 22.8. The van der Waals surface area contributed by atoms with Crippen LogP contribution < -0.4 is 0 Å². The van der Waals surface area contributed by atoms with Gasteiger partial charge in [-0.05, 0) is 12.3 Å². The minimum absolute atomic E-state index is 0.236. The van der Waals surface area contributed by atoms with Gasteiger partial charge in [0.25, 0.3) is 0 Å². The van der Waals surface area contributed by atoms with E-state index in [1.165, 1.54) is 9.80 Å². The molecule has 1 rings (SSSR count). The van der Waals surface area contributed by atoms with Crippen LogP contribution in [-0.4, -0.2) is 117 Å². The second-order valence-electron chi connectivity index (χ2n) is 6.81. The van der Waals surface area contributed by atoms with Gasteiger partial charge in [0, 0.05) is 32.2 Å². The SMILES string of the molecule is CC1CC1N(CCN(CC(=O)O)CC(=O)O)CCN(CC(=O)O)CC(=O)O. The van der Waals surface area contributed by atoms with Crippen molar-refractivity contribution in [3.8, 4) is 0 Å². The Morgan fingerprint density at radius 3 is 1.22 bits per heavy atom. The summed E-state index contributed by atoms with van der Waals surface area (Å²) in [5.74, 6) is -4.02. The first-order valence-electron chi connectivity index (χ1n) is 8.64. The Hall–Kier alpha value is -2.24. The van der Waals surface area contributed by atoms with Gasteiger partial charge in [0.05, 0.1) is 26.2 Å². The number of nitrogens with zero attached hydrogens (tertiary/aromatic N) is 3. The van der Waals surface area contributed by atoms with Crippen molar-refractivity contribution in [3.05, 3.63) is 0 Å². The van der Waals surface area contributed by atoms with Gasteiger partial charge in [0.2, 0.25) is 0 Å². The highest BCUT2D eigenvalue weighted by atomic mass is 16.4. The van der Waals surface area contributed by atoms with Crippen molar-refractivity contribution in [3.63, 3.8) is 0 Å². The molecule has 0 amide bonds. The zero-order valence-corrected chi connectivity index (χ0v) is 15.3. The number of rotatable bonds is 15. The van der Waals surface area contributed by atoms with Gasteiger partial charge in [0.15, 0.2) is 0 Å². The molecule has 0 heterocycles. The average Bonchev–Trinajstić information content (AvgIpc) is 3.21. The van der Waals surface area contributed by atoms with Crippen molar-refractivity contribution in [2.24, 2.45) is 5.92 Å². The van der Waals surface area contributed by atoms with E-state index in [2.05, 4.69) is 6.92 Å². The predicted octanol–water partition coefficient (Wildman–Crippen LogP) is -1.36. The van der Waals surface area contributed by atoms with E-state index in [1.54, 1.807) is 0 Å². The standard InChI is InChI=1S/C16H27N3O8/c1-11-6-12(11)19(4-2-17(7-13(20)21)8-14(22)23)5-3-18(9-15(24)25)10-16(26)27/h11-12H,2-10H2,1H3,(H,20,21)(H,22,23)(H,24,25)(H,26,27). The molecule has 1 aliphatic rings. The normalized spacial score (nSPS) is 18.8. The molecule has 2 atom stereocenters. The van der Waals surface area contributed by atoms with Gasteiger partial charge in [0.1, 0.15) is 0 Å². The molecular formula is C16H27N3O8. The highest BCUT2D eigenvalue weighted by Crippen LogP contribution is 2.34. The van der Waals surface area contributed by atoms with Gasteiger partial charge in [-0.25, -0.2) is 0 Å². The van der Waals surface area contributed by atoms with Gasteiger partial charge >= 0.3 is 23.9 Å². The van der Waals surface area contributed by atoms with Gasteiger partial charge < -0.3 is 20.4 Å². The summed E-state index contributed by atoms with van der Waals surface area (Å²) in [6, 6.07) is 0.248. The maximum absolute atomic E-state index is 10.9. The van der Waals surface area contributed by atoms with Crippen LogP contribution in [0.4, 0.5) is 0 Å². The van der Waals surface area contributed by atoms with E-state index in [0.29, 0.717) is 19.0 Å². The molecular weight excluding hydrogens is 362 g/mol. The Labute approximate surface area is 156 Å². The van der Waals surface area contributed by atoms with Crippen LogP contribution in [0.25, 0.3) is 0 Å². The van der Waals surface area contributed by atoms with Crippen molar-refractivity contribution in [2.45, 2.75) is 19.4 Å². The third kappa shape index (κ3) is 9.87. The molecule has 4 N–H and O–H groups in total. The third-order valence-corrected chi connectivity index (χ3v) is 4.38. The second kappa shape index (κ2) is 10.8. The van der Waals surface area contributed by atoms with Crippen LogP contribution in [0.1, 0.15) is 13.3 Å². The summed E-state index contributed by atoms with van der Waals surface area (Å²) in [5, 5.41) is 35.6. The summed E-state index contributed by atoms with van der Waals surface area (Å²) in [6.45, 7) is 1.83. The molecule has 11 nitrogen and oxygen atoms in total. The van der Waals surface area contributed by atoms with Crippen molar-refractivity contribution < 1.29 is 39.6 Å². The highest BCUT2D eigenvalue weighted by molar-refractivity contribution is 5.73. The molecule has 0 bridgehead atoms. The van der Waals surface area contributed by atoms with Crippen LogP contribution in [0.5, 0.6) is 0 Å². The van der Waals surface area contributed by atoms with Crippen LogP contribution in [0.3, 0.4) is 0 Å². The molecule has 0 radical (unpaired) electrons. The van der Waals surface area contributed by atoms with Crippen molar-refractivity contribution >= 4 is 23.9 Å². The number of carboxylic acids is 4. The summed E-state index contributed by atoms with van der Waals surface area (Å²) in [7, 11) is 0. The smallest absolute Gasteiger partial charge is 0.317 e. The van der Waals surface area contributed by atoms with Crippen LogP contribution in [0, 0.1) is 5.92 Å². The Morgan fingerprint density at radius 1 is 0.704 bits per heavy atom. The predicted molar refractivity (Wildman–Crippen MR) is 92.6 cm³/mol. The van der Waals surface area contributed by atoms with E-state index in [0.717, 1.165) is 6.42 Å². The lowest BCUT2D eigenvalue weighted by Crippen LogP contribution is -2.45. The van der Waals surface area contributed by atoms with E-state index < -0.39 is 23.9 Å². The topological polar surface area (TPSA) is 159 Å². The quantitative estimate of drug-likeness (QED) is 0.262. The van der Waals surface area contributed by atoms with Crippen LogP contribution in [-0.2, 0) is 19.2 Å². The second-order valence-corrected chi connectivity index (χ2v) is 6.81. The summed E-state index contributed by atoms with van der Waals surface area (Å²) in [5.41, 5.74) is 0. The Bertz CT molecular complexity index is 484. The molecule has 0 aromatic heterocycles. The number of carbonyl (C=O) groups is 4. The van der Waals surface area contributed by atoms with Crippen LogP contribution >= 0.6 is 0 Å². The van der Waals surface area contributed by atoms with E-state index in [9.17, 15) is 19.2 Å². The first-order chi connectivity index (χ1) is 12.6. The van der Waals surface area contributed by atoms with Crippen LogP contribution in [0.2, 0.25) is 0 Å². The lowest BCUT2D eigenvalue weighted by Gasteiger charge is -2.28. The third-order valence-electron chi connectivity index (χ3n) is 4.38. The molecule has 2 unspecified atom stereocenters.